The molecular formula is C21H27N5OS. The molecule has 0 aliphatic rings. The smallest absolute Gasteiger partial charge is 0.221 e. The number of aryl methyl sites for hydroxylation is 1. The lowest BCUT2D eigenvalue weighted by Gasteiger charge is -2.19. The Morgan fingerprint density at radius 2 is 1.86 bits per heavy atom. The van der Waals surface area contributed by atoms with Gasteiger partial charge in [0, 0.05) is 38.0 Å². The van der Waals surface area contributed by atoms with Crippen molar-refractivity contribution in [1.82, 2.24) is 20.2 Å². The first-order valence-electron chi connectivity index (χ1n) is 9.40. The molecule has 0 aliphatic carbocycles. The Morgan fingerprint density at radius 3 is 2.57 bits per heavy atom. The minimum Gasteiger partial charge on any atom is -0.359 e. The molecule has 1 amide bonds. The molecule has 0 bridgehead atoms. The van der Waals surface area contributed by atoms with Gasteiger partial charge in [-0.2, -0.15) is 0 Å². The molecule has 2 aromatic heterocycles. The molecular weight excluding hydrogens is 370 g/mol. The number of likely N-dealkylation sites (N-methyl/N-ethyl adjacent to an activating group) is 1. The zero-order chi connectivity index (χ0) is 20.1. The third-order valence-electron chi connectivity index (χ3n) is 4.46. The summed E-state index contributed by atoms with van der Waals surface area (Å²) < 4.78 is 0. The Morgan fingerprint density at radius 1 is 1.11 bits per heavy atom. The summed E-state index contributed by atoms with van der Waals surface area (Å²) in [6.45, 7) is 4.02. The molecule has 0 atom stereocenters. The van der Waals surface area contributed by atoms with Gasteiger partial charge in [-0.3, -0.25) is 4.79 Å². The maximum Gasteiger partial charge on any atom is 0.221 e. The predicted molar refractivity (Wildman–Crippen MR) is 117 cm³/mol. The zero-order valence-electron chi connectivity index (χ0n) is 16.9. The van der Waals surface area contributed by atoms with Crippen molar-refractivity contribution in [3.05, 3.63) is 42.2 Å². The number of hydrogen-bond donors (Lipinski definition) is 1. The molecule has 6 nitrogen and oxygen atoms in total. The van der Waals surface area contributed by atoms with Crippen molar-refractivity contribution < 1.29 is 4.79 Å². The van der Waals surface area contributed by atoms with Crippen LogP contribution in [0.25, 0.3) is 20.7 Å². The summed E-state index contributed by atoms with van der Waals surface area (Å²) in [6.07, 6.45) is 0.435. The fourth-order valence-electron chi connectivity index (χ4n) is 2.93. The molecule has 1 N–H and O–H groups in total. The first-order chi connectivity index (χ1) is 13.4. The van der Waals surface area contributed by atoms with Gasteiger partial charge in [-0.05, 0) is 32.6 Å². The van der Waals surface area contributed by atoms with Crippen LogP contribution >= 0.6 is 11.3 Å². The third-order valence-corrected chi connectivity index (χ3v) is 5.54. The molecule has 0 saturated carbocycles. The number of fused-ring (bicyclic) bond motifs is 1. The fraction of sp³-hybridized carbons (Fsp3) is 0.381. The summed E-state index contributed by atoms with van der Waals surface area (Å²) >= 11 is 1.67. The van der Waals surface area contributed by atoms with E-state index in [1.807, 2.05) is 56.1 Å². The monoisotopic (exact) mass is 397 g/mol. The molecule has 0 radical (unpaired) electrons. The maximum atomic E-state index is 12.1. The highest BCUT2D eigenvalue weighted by Crippen LogP contribution is 2.36. The van der Waals surface area contributed by atoms with Crippen LogP contribution in [-0.4, -0.2) is 61.6 Å². The number of amides is 1. The highest BCUT2D eigenvalue weighted by atomic mass is 32.1. The van der Waals surface area contributed by atoms with E-state index in [1.54, 1.807) is 11.3 Å². The van der Waals surface area contributed by atoms with Gasteiger partial charge in [0.15, 0.2) is 0 Å². The molecule has 0 aliphatic heterocycles. The van der Waals surface area contributed by atoms with Crippen molar-refractivity contribution in [2.45, 2.75) is 13.3 Å². The summed E-state index contributed by atoms with van der Waals surface area (Å²) in [5.41, 5.74) is 1.18. The fourth-order valence-corrected chi connectivity index (χ4v) is 4.01. The molecule has 3 aromatic rings. The normalized spacial score (nSPS) is 11.2. The number of thiophene rings is 1. The quantitative estimate of drug-likeness (QED) is 0.633. The number of benzene rings is 1. The molecule has 0 unspecified atom stereocenters. The van der Waals surface area contributed by atoms with Crippen molar-refractivity contribution in [2.24, 2.45) is 0 Å². The largest absolute Gasteiger partial charge is 0.359 e. The van der Waals surface area contributed by atoms with E-state index in [9.17, 15) is 4.79 Å². The van der Waals surface area contributed by atoms with Crippen LogP contribution in [0.15, 0.2) is 36.4 Å². The van der Waals surface area contributed by atoms with Crippen LogP contribution in [0.4, 0.5) is 5.82 Å². The van der Waals surface area contributed by atoms with Crippen LogP contribution in [0, 0.1) is 6.92 Å². The van der Waals surface area contributed by atoms with Crippen LogP contribution < -0.4 is 10.2 Å². The Kier molecular flexibility index (Phi) is 6.59. The number of nitrogens with zero attached hydrogens (tertiary/aromatic N) is 4. The average molecular weight is 398 g/mol. The van der Waals surface area contributed by atoms with Crippen molar-refractivity contribution in [3.8, 4) is 10.4 Å². The molecule has 2 heterocycles. The molecule has 0 saturated heterocycles. The van der Waals surface area contributed by atoms with E-state index in [4.69, 9.17) is 0 Å². The van der Waals surface area contributed by atoms with E-state index in [0.29, 0.717) is 19.5 Å². The van der Waals surface area contributed by atoms with Gasteiger partial charge in [0.2, 0.25) is 5.91 Å². The number of carbonyl (C=O) groups excluding carboxylic acids is 1. The second-order valence-electron chi connectivity index (χ2n) is 7.11. The maximum absolute atomic E-state index is 12.1. The highest BCUT2D eigenvalue weighted by molar-refractivity contribution is 7.21. The topological polar surface area (TPSA) is 61.4 Å². The van der Waals surface area contributed by atoms with Crippen LogP contribution in [0.5, 0.6) is 0 Å². The summed E-state index contributed by atoms with van der Waals surface area (Å²) in [5.74, 6) is 1.68. The van der Waals surface area contributed by atoms with Crippen molar-refractivity contribution in [3.63, 3.8) is 0 Å². The Labute approximate surface area is 170 Å². The van der Waals surface area contributed by atoms with Gasteiger partial charge in [-0.15, -0.1) is 11.3 Å². The molecule has 0 spiro atoms. The number of nitrogens with one attached hydrogen (secondary N) is 1. The lowest BCUT2D eigenvalue weighted by atomic mass is 10.2. The van der Waals surface area contributed by atoms with E-state index >= 15 is 0 Å². The second kappa shape index (κ2) is 9.12. The van der Waals surface area contributed by atoms with Crippen molar-refractivity contribution in [2.75, 3.05) is 45.7 Å². The Balaban J connectivity index is 1.74. The number of rotatable bonds is 8. The Hall–Kier alpha value is -2.51. The zero-order valence-corrected chi connectivity index (χ0v) is 17.7. The van der Waals surface area contributed by atoms with Crippen molar-refractivity contribution in [1.29, 1.82) is 0 Å². The lowest BCUT2D eigenvalue weighted by Crippen LogP contribution is -2.33. The second-order valence-corrected chi connectivity index (χ2v) is 8.15. The summed E-state index contributed by atoms with van der Waals surface area (Å²) in [4.78, 5) is 27.6. The number of aromatic nitrogens is 2. The van der Waals surface area contributed by atoms with Crippen LogP contribution in [0.2, 0.25) is 0 Å². The first kappa shape index (κ1) is 20.2. The SMILES string of the molecule is Cc1nc(N(C)CCC(=O)NCCN(C)C)c2cc(-c3ccccc3)sc2n1. The van der Waals surface area contributed by atoms with Gasteiger partial charge in [-0.1, -0.05) is 30.3 Å². The summed E-state index contributed by atoms with van der Waals surface area (Å²) in [6, 6.07) is 12.5. The van der Waals surface area contributed by atoms with Gasteiger partial charge in [-0.25, -0.2) is 9.97 Å². The van der Waals surface area contributed by atoms with Crippen LogP contribution in [0.3, 0.4) is 0 Å². The van der Waals surface area contributed by atoms with Gasteiger partial charge in [0.1, 0.15) is 16.5 Å². The molecule has 1 aromatic carbocycles. The molecule has 0 fully saturated rings. The van der Waals surface area contributed by atoms with Gasteiger partial charge >= 0.3 is 0 Å². The highest BCUT2D eigenvalue weighted by Gasteiger charge is 2.15. The van der Waals surface area contributed by atoms with Gasteiger partial charge in [0.05, 0.1) is 5.39 Å². The standard InChI is InChI=1S/C21H27N5OS/c1-15-23-20(26(4)12-10-19(27)22-11-13-25(2)3)17-14-18(28-21(17)24-15)16-8-6-5-7-9-16/h5-9,14H,10-13H2,1-4H3,(H,22,27). The number of carbonyl (C=O) groups is 1. The van der Waals surface area contributed by atoms with Gasteiger partial charge in [0.25, 0.3) is 0 Å². The minimum absolute atomic E-state index is 0.0611. The lowest BCUT2D eigenvalue weighted by molar-refractivity contribution is -0.120. The third kappa shape index (κ3) is 5.05. The molecule has 28 heavy (non-hydrogen) atoms. The summed E-state index contributed by atoms with van der Waals surface area (Å²) in [7, 11) is 5.97. The first-order valence-corrected chi connectivity index (χ1v) is 10.2. The summed E-state index contributed by atoms with van der Waals surface area (Å²) in [5, 5.41) is 3.99. The predicted octanol–water partition coefficient (Wildman–Crippen LogP) is 3.17. The average Bonchev–Trinajstić information content (AvgIpc) is 3.09. The van der Waals surface area contributed by atoms with Crippen molar-refractivity contribution >= 4 is 33.3 Å². The van der Waals surface area contributed by atoms with E-state index in [-0.39, 0.29) is 5.91 Å². The van der Waals surface area contributed by atoms with Crippen LogP contribution in [-0.2, 0) is 4.79 Å². The van der Waals surface area contributed by atoms with Crippen LogP contribution in [0.1, 0.15) is 12.2 Å². The minimum atomic E-state index is 0.0611. The molecule has 148 valence electrons. The van der Waals surface area contributed by atoms with E-state index < -0.39 is 0 Å². The van der Waals surface area contributed by atoms with Gasteiger partial charge < -0.3 is 15.1 Å². The molecule has 3 rings (SSSR count). The number of anilines is 1. The van der Waals surface area contributed by atoms with E-state index in [0.717, 1.165) is 28.4 Å². The van der Waals surface area contributed by atoms with E-state index in [1.165, 1.54) is 10.4 Å². The van der Waals surface area contributed by atoms with E-state index in [2.05, 4.69) is 33.5 Å². The molecule has 7 heteroatoms. The Bertz CT molecular complexity index is 939. The number of hydrogen-bond acceptors (Lipinski definition) is 6.